The van der Waals surface area contributed by atoms with Crippen LogP contribution < -0.4 is 5.32 Å². The Morgan fingerprint density at radius 3 is 2.86 bits per heavy atom. The number of nitrogens with one attached hydrogen (secondary N) is 1. The van der Waals surface area contributed by atoms with E-state index in [1.165, 1.54) is 5.56 Å². The molecule has 0 amide bonds. The summed E-state index contributed by atoms with van der Waals surface area (Å²) in [5.41, 5.74) is 2.33. The highest BCUT2D eigenvalue weighted by molar-refractivity contribution is 7.99. The zero-order valence-corrected chi connectivity index (χ0v) is 13.8. The molecule has 1 N–H and O–H groups in total. The zero-order chi connectivity index (χ0) is 15.1. The Morgan fingerprint density at radius 1 is 1.33 bits per heavy atom. The molecule has 1 aromatic carbocycles. The highest BCUT2D eigenvalue weighted by atomic mass is 35.5. The lowest BCUT2D eigenvalue weighted by Gasteiger charge is -2.09. The molecule has 3 nitrogen and oxygen atoms in total. The van der Waals surface area contributed by atoms with Crippen molar-refractivity contribution in [2.45, 2.75) is 23.4 Å². The molecule has 0 unspecified atom stereocenters. The standard InChI is InChI=1S/C16H19ClN2OS/c1-12-9-13(10-18-7-8-20-2)11-19-16(12)21-15-6-4-3-5-14(15)17/h3-6,9,11,18H,7-8,10H2,1-2H3. The maximum atomic E-state index is 6.19. The molecule has 5 heteroatoms. The first-order chi connectivity index (χ1) is 10.2. The smallest absolute Gasteiger partial charge is 0.104 e. The number of nitrogens with zero attached hydrogens (tertiary/aromatic N) is 1. The topological polar surface area (TPSA) is 34.1 Å². The van der Waals surface area contributed by atoms with Crippen LogP contribution in [0.15, 0.2) is 46.5 Å². The molecular weight excluding hydrogens is 304 g/mol. The van der Waals surface area contributed by atoms with Crippen molar-refractivity contribution in [3.05, 3.63) is 52.7 Å². The van der Waals surface area contributed by atoms with E-state index in [0.29, 0.717) is 6.61 Å². The number of methoxy groups -OCH3 is 1. The quantitative estimate of drug-likeness (QED) is 0.783. The van der Waals surface area contributed by atoms with Crippen molar-refractivity contribution in [2.75, 3.05) is 20.3 Å². The van der Waals surface area contributed by atoms with Crippen molar-refractivity contribution in [2.24, 2.45) is 0 Å². The SMILES string of the molecule is COCCNCc1cnc(Sc2ccccc2Cl)c(C)c1. The van der Waals surface area contributed by atoms with Crippen molar-refractivity contribution in [3.8, 4) is 0 Å². The lowest BCUT2D eigenvalue weighted by Crippen LogP contribution is -2.18. The lowest BCUT2D eigenvalue weighted by atomic mass is 10.2. The normalized spacial score (nSPS) is 10.8. The molecule has 0 aliphatic carbocycles. The van der Waals surface area contributed by atoms with Crippen LogP contribution >= 0.6 is 23.4 Å². The largest absolute Gasteiger partial charge is 0.383 e. The van der Waals surface area contributed by atoms with Crippen LogP contribution in [0.1, 0.15) is 11.1 Å². The molecule has 0 fully saturated rings. The van der Waals surface area contributed by atoms with Crippen LogP contribution in [0.3, 0.4) is 0 Å². The second-order valence-electron chi connectivity index (χ2n) is 4.67. The first-order valence-electron chi connectivity index (χ1n) is 6.78. The van der Waals surface area contributed by atoms with Gasteiger partial charge in [0.15, 0.2) is 0 Å². The van der Waals surface area contributed by atoms with E-state index in [0.717, 1.165) is 33.6 Å². The third kappa shape index (κ3) is 5.00. The summed E-state index contributed by atoms with van der Waals surface area (Å²) >= 11 is 7.78. The van der Waals surface area contributed by atoms with Gasteiger partial charge in [0.05, 0.1) is 11.6 Å². The Balaban J connectivity index is 2.01. The Bertz CT molecular complexity index is 592. The first kappa shape index (κ1) is 16.3. The molecule has 0 bridgehead atoms. The zero-order valence-electron chi connectivity index (χ0n) is 12.2. The van der Waals surface area contributed by atoms with E-state index in [1.807, 2.05) is 30.5 Å². The number of benzene rings is 1. The van der Waals surface area contributed by atoms with E-state index >= 15 is 0 Å². The molecule has 0 aliphatic rings. The van der Waals surface area contributed by atoms with Gasteiger partial charge in [-0.3, -0.25) is 0 Å². The van der Waals surface area contributed by atoms with Crippen molar-refractivity contribution < 1.29 is 4.74 Å². The third-order valence-electron chi connectivity index (χ3n) is 2.94. The van der Waals surface area contributed by atoms with E-state index in [4.69, 9.17) is 16.3 Å². The van der Waals surface area contributed by atoms with Crippen LogP contribution in [-0.4, -0.2) is 25.2 Å². The fourth-order valence-corrected chi connectivity index (χ4v) is 2.96. The van der Waals surface area contributed by atoms with Gasteiger partial charge in [-0.2, -0.15) is 0 Å². The summed E-state index contributed by atoms with van der Waals surface area (Å²) in [5, 5.41) is 5.06. The predicted molar refractivity (Wildman–Crippen MR) is 88.1 cm³/mol. The Kier molecular flexibility index (Phi) is 6.51. The van der Waals surface area contributed by atoms with Crippen LogP contribution in [0.2, 0.25) is 5.02 Å². The van der Waals surface area contributed by atoms with Gasteiger partial charge < -0.3 is 10.1 Å². The van der Waals surface area contributed by atoms with E-state index < -0.39 is 0 Å². The van der Waals surface area contributed by atoms with Gasteiger partial charge in [0, 0.05) is 31.3 Å². The number of aryl methyl sites for hydroxylation is 1. The average molecular weight is 323 g/mol. The summed E-state index contributed by atoms with van der Waals surface area (Å²) < 4.78 is 5.01. The number of hydrogen-bond donors (Lipinski definition) is 1. The van der Waals surface area contributed by atoms with Gasteiger partial charge in [-0.15, -0.1) is 0 Å². The molecular formula is C16H19ClN2OS. The fraction of sp³-hybridized carbons (Fsp3) is 0.312. The highest BCUT2D eigenvalue weighted by Gasteiger charge is 2.07. The van der Waals surface area contributed by atoms with E-state index in [9.17, 15) is 0 Å². The molecule has 1 aromatic heterocycles. The summed E-state index contributed by atoms with van der Waals surface area (Å²) in [4.78, 5) is 5.58. The van der Waals surface area contributed by atoms with E-state index in [1.54, 1.807) is 18.9 Å². The van der Waals surface area contributed by atoms with Crippen molar-refractivity contribution in [3.63, 3.8) is 0 Å². The first-order valence-corrected chi connectivity index (χ1v) is 7.97. The van der Waals surface area contributed by atoms with Gasteiger partial charge in [0.25, 0.3) is 0 Å². The maximum absolute atomic E-state index is 6.19. The molecule has 0 saturated carbocycles. The van der Waals surface area contributed by atoms with Gasteiger partial charge >= 0.3 is 0 Å². The average Bonchev–Trinajstić information content (AvgIpc) is 2.48. The molecule has 0 radical (unpaired) electrons. The van der Waals surface area contributed by atoms with Crippen LogP contribution in [-0.2, 0) is 11.3 Å². The maximum Gasteiger partial charge on any atom is 0.104 e. The van der Waals surface area contributed by atoms with Crippen LogP contribution in [0, 0.1) is 6.92 Å². The predicted octanol–water partition coefficient (Wildman–Crippen LogP) is 3.93. The van der Waals surface area contributed by atoms with Gasteiger partial charge in [-0.1, -0.05) is 41.6 Å². The van der Waals surface area contributed by atoms with Gasteiger partial charge in [-0.25, -0.2) is 4.98 Å². The highest BCUT2D eigenvalue weighted by Crippen LogP contribution is 2.33. The number of hydrogen-bond acceptors (Lipinski definition) is 4. The molecule has 2 aromatic rings. The minimum atomic E-state index is 0.715. The number of rotatable bonds is 7. The second kappa shape index (κ2) is 8.39. The van der Waals surface area contributed by atoms with E-state index in [2.05, 4.69) is 23.3 Å². The number of halogens is 1. The number of ether oxygens (including phenoxy) is 1. The minimum Gasteiger partial charge on any atom is -0.383 e. The monoisotopic (exact) mass is 322 g/mol. The molecule has 0 spiro atoms. The summed E-state index contributed by atoms with van der Waals surface area (Å²) in [5.74, 6) is 0. The van der Waals surface area contributed by atoms with Crippen molar-refractivity contribution in [1.29, 1.82) is 0 Å². The molecule has 112 valence electrons. The Morgan fingerprint density at radius 2 is 2.14 bits per heavy atom. The van der Waals surface area contributed by atoms with Crippen molar-refractivity contribution >= 4 is 23.4 Å². The second-order valence-corrected chi connectivity index (χ2v) is 6.11. The van der Waals surface area contributed by atoms with Gasteiger partial charge in [0.2, 0.25) is 0 Å². The summed E-state index contributed by atoms with van der Waals surface area (Å²) in [6.45, 7) is 4.43. The third-order valence-corrected chi connectivity index (χ3v) is 4.58. The molecule has 21 heavy (non-hydrogen) atoms. The van der Waals surface area contributed by atoms with Gasteiger partial charge in [-0.05, 0) is 30.2 Å². The van der Waals surface area contributed by atoms with Crippen LogP contribution in [0.5, 0.6) is 0 Å². The van der Waals surface area contributed by atoms with Crippen LogP contribution in [0.4, 0.5) is 0 Å². The summed E-state index contributed by atoms with van der Waals surface area (Å²) in [7, 11) is 1.70. The molecule has 0 aliphatic heterocycles. The van der Waals surface area contributed by atoms with Crippen LogP contribution in [0.25, 0.3) is 0 Å². The lowest BCUT2D eigenvalue weighted by molar-refractivity contribution is 0.199. The molecule has 0 saturated heterocycles. The molecule has 0 atom stereocenters. The summed E-state index contributed by atoms with van der Waals surface area (Å²) in [6.07, 6.45) is 1.91. The molecule has 2 rings (SSSR count). The fourth-order valence-electron chi connectivity index (χ4n) is 1.86. The summed E-state index contributed by atoms with van der Waals surface area (Å²) in [6, 6.07) is 9.98. The Labute approximate surface area is 135 Å². The number of aromatic nitrogens is 1. The van der Waals surface area contributed by atoms with Crippen molar-refractivity contribution in [1.82, 2.24) is 10.3 Å². The molecule has 1 heterocycles. The van der Waals surface area contributed by atoms with E-state index in [-0.39, 0.29) is 0 Å². The Hall–Kier alpha value is -1.07. The number of pyridine rings is 1. The van der Waals surface area contributed by atoms with Gasteiger partial charge in [0.1, 0.15) is 5.03 Å². The minimum absolute atomic E-state index is 0.715.